The third kappa shape index (κ3) is 2.70. The molecule has 0 bridgehead atoms. The molecule has 0 amide bonds. The van der Waals surface area contributed by atoms with Gasteiger partial charge in [0.1, 0.15) is 5.82 Å². The Morgan fingerprint density at radius 2 is 1.81 bits per heavy atom. The van der Waals surface area contributed by atoms with Crippen LogP contribution < -0.4 is 0 Å². The van der Waals surface area contributed by atoms with Gasteiger partial charge in [0.15, 0.2) is 5.82 Å². The van der Waals surface area contributed by atoms with Crippen molar-refractivity contribution in [2.24, 2.45) is 0 Å². The van der Waals surface area contributed by atoms with Gasteiger partial charge >= 0.3 is 0 Å². The Labute approximate surface area is 122 Å². The minimum atomic E-state index is -0.268. The Hall–Kier alpha value is -2.49. The first kappa shape index (κ1) is 13.5. The Morgan fingerprint density at radius 3 is 2.43 bits per heavy atom. The van der Waals surface area contributed by atoms with Crippen LogP contribution in [0.5, 0.6) is 0 Å². The van der Waals surface area contributed by atoms with Crippen molar-refractivity contribution in [3.63, 3.8) is 0 Å². The second-order valence-electron chi connectivity index (χ2n) is 5.00. The zero-order chi connectivity index (χ0) is 14.8. The van der Waals surface area contributed by atoms with Crippen molar-refractivity contribution in [2.75, 3.05) is 0 Å². The number of rotatable bonds is 3. The fourth-order valence-electron chi connectivity index (χ4n) is 2.31. The first-order valence-corrected chi connectivity index (χ1v) is 6.80. The molecule has 0 aliphatic carbocycles. The van der Waals surface area contributed by atoms with Crippen LogP contribution in [0.3, 0.4) is 0 Å². The van der Waals surface area contributed by atoms with E-state index in [0.29, 0.717) is 17.3 Å². The van der Waals surface area contributed by atoms with Gasteiger partial charge in [-0.2, -0.15) is 4.98 Å². The molecule has 0 radical (unpaired) electrons. The summed E-state index contributed by atoms with van der Waals surface area (Å²) in [6, 6.07) is 15.0. The van der Waals surface area contributed by atoms with Crippen molar-refractivity contribution in [2.45, 2.75) is 19.8 Å². The average molecular weight is 282 g/mol. The highest BCUT2D eigenvalue weighted by Gasteiger charge is 2.19. The van der Waals surface area contributed by atoms with Crippen LogP contribution in [0, 0.1) is 12.7 Å². The van der Waals surface area contributed by atoms with Gasteiger partial charge in [-0.05, 0) is 31.0 Å². The van der Waals surface area contributed by atoms with Crippen molar-refractivity contribution in [3.8, 4) is 11.1 Å². The van der Waals surface area contributed by atoms with Crippen molar-refractivity contribution in [1.29, 1.82) is 0 Å². The first-order valence-electron chi connectivity index (χ1n) is 6.80. The number of aromatic nitrogens is 2. The van der Waals surface area contributed by atoms with Crippen LogP contribution >= 0.6 is 0 Å². The minimum Gasteiger partial charge on any atom is -0.339 e. The molecule has 3 nitrogen and oxygen atoms in total. The maximum atomic E-state index is 14.4. The van der Waals surface area contributed by atoms with Crippen LogP contribution in [-0.4, -0.2) is 10.1 Å². The number of halogens is 1. The van der Waals surface area contributed by atoms with Crippen molar-refractivity contribution >= 4 is 0 Å². The monoisotopic (exact) mass is 282 g/mol. The molecule has 0 fully saturated rings. The molecule has 106 valence electrons. The summed E-state index contributed by atoms with van der Waals surface area (Å²) in [5.41, 5.74) is 2.40. The molecule has 21 heavy (non-hydrogen) atoms. The van der Waals surface area contributed by atoms with Crippen LogP contribution in [0.1, 0.15) is 30.1 Å². The topological polar surface area (TPSA) is 38.9 Å². The lowest BCUT2D eigenvalue weighted by Crippen LogP contribution is -2.00. The lowest BCUT2D eigenvalue weighted by molar-refractivity contribution is 0.365. The summed E-state index contributed by atoms with van der Waals surface area (Å²) in [7, 11) is 0. The van der Waals surface area contributed by atoms with E-state index in [4.69, 9.17) is 4.52 Å². The van der Waals surface area contributed by atoms with Gasteiger partial charge in [-0.1, -0.05) is 47.6 Å². The third-order valence-corrected chi connectivity index (χ3v) is 3.49. The predicted molar refractivity (Wildman–Crippen MR) is 78.4 cm³/mol. The Kier molecular flexibility index (Phi) is 3.52. The van der Waals surface area contributed by atoms with Gasteiger partial charge in [0.05, 0.1) is 5.92 Å². The highest BCUT2D eigenvalue weighted by molar-refractivity contribution is 5.63. The van der Waals surface area contributed by atoms with Crippen molar-refractivity contribution in [3.05, 3.63) is 71.6 Å². The fourth-order valence-corrected chi connectivity index (χ4v) is 2.31. The number of nitrogens with zero attached hydrogens (tertiary/aromatic N) is 2. The van der Waals surface area contributed by atoms with Crippen molar-refractivity contribution < 1.29 is 8.91 Å². The molecule has 0 aliphatic heterocycles. The zero-order valence-electron chi connectivity index (χ0n) is 11.9. The third-order valence-electron chi connectivity index (χ3n) is 3.49. The molecule has 0 spiro atoms. The Balaban J connectivity index is 1.95. The van der Waals surface area contributed by atoms with Crippen molar-refractivity contribution in [1.82, 2.24) is 10.1 Å². The summed E-state index contributed by atoms with van der Waals surface area (Å²) in [6.45, 7) is 3.60. The van der Waals surface area contributed by atoms with E-state index in [-0.39, 0.29) is 11.7 Å². The van der Waals surface area contributed by atoms with Crippen LogP contribution in [-0.2, 0) is 0 Å². The highest BCUT2D eigenvalue weighted by atomic mass is 19.1. The van der Waals surface area contributed by atoms with Crippen LogP contribution in [0.2, 0.25) is 0 Å². The molecule has 0 aliphatic rings. The van der Waals surface area contributed by atoms with Gasteiger partial charge < -0.3 is 4.52 Å². The van der Waals surface area contributed by atoms with Crippen LogP contribution in [0.15, 0.2) is 53.1 Å². The first-order chi connectivity index (χ1) is 10.1. The molecular formula is C17H15FN2O. The van der Waals surface area contributed by atoms with E-state index in [1.807, 2.05) is 43.3 Å². The van der Waals surface area contributed by atoms with E-state index in [0.717, 1.165) is 11.1 Å². The molecule has 0 saturated heterocycles. The summed E-state index contributed by atoms with van der Waals surface area (Å²) >= 11 is 0. The molecule has 1 atom stereocenters. The van der Waals surface area contributed by atoms with E-state index in [2.05, 4.69) is 10.1 Å². The molecule has 4 heteroatoms. The van der Waals surface area contributed by atoms with Gasteiger partial charge in [-0.15, -0.1) is 0 Å². The normalized spacial score (nSPS) is 12.3. The molecule has 1 unspecified atom stereocenters. The second-order valence-corrected chi connectivity index (χ2v) is 5.00. The molecule has 1 aromatic heterocycles. The number of aryl methyl sites for hydroxylation is 1. The summed E-state index contributed by atoms with van der Waals surface area (Å²) < 4.78 is 19.5. The predicted octanol–water partition coefficient (Wildman–Crippen LogP) is 4.34. The lowest BCUT2D eigenvalue weighted by Gasteiger charge is -2.10. The molecule has 3 aromatic rings. The van der Waals surface area contributed by atoms with Crippen LogP contribution in [0.4, 0.5) is 4.39 Å². The number of hydrogen-bond acceptors (Lipinski definition) is 3. The molecule has 0 saturated carbocycles. The molecule has 1 heterocycles. The van der Waals surface area contributed by atoms with Gasteiger partial charge in [-0.25, -0.2) is 4.39 Å². The molecule has 3 rings (SSSR count). The second kappa shape index (κ2) is 5.48. The Morgan fingerprint density at radius 1 is 1.05 bits per heavy atom. The maximum Gasteiger partial charge on any atom is 0.234 e. The average Bonchev–Trinajstić information content (AvgIpc) is 2.94. The molecular weight excluding hydrogens is 267 g/mol. The van der Waals surface area contributed by atoms with E-state index < -0.39 is 0 Å². The number of hydrogen-bond donors (Lipinski definition) is 0. The zero-order valence-corrected chi connectivity index (χ0v) is 11.9. The minimum absolute atomic E-state index is 0.264. The highest BCUT2D eigenvalue weighted by Crippen LogP contribution is 2.28. The largest absolute Gasteiger partial charge is 0.339 e. The van der Waals surface area contributed by atoms with Gasteiger partial charge in [-0.3, -0.25) is 0 Å². The Bertz CT molecular complexity index is 752. The van der Waals surface area contributed by atoms with Gasteiger partial charge in [0.25, 0.3) is 0 Å². The van der Waals surface area contributed by atoms with E-state index in [1.54, 1.807) is 19.1 Å². The summed E-state index contributed by atoms with van der Waals surface area (Å²) in [4.78, 5) is 4.16. The summed E-state index contributed by atoms with van der Waals surface area (Å²) in [5.74, 6) is 0.452. The standard InChI is InChI=1S/C17H15FN2O/c1-11(17-19-12(2)20-21-17)15-9-8-14(10-16(15)18)13-6-4-3-5-7-13/h3-11H,1-2H3. The summed E-state index contributed by atoms with van der Waals surface area (Å²) in [6.07, 6.45) is 0. The van der Waals surface area contributed by atoms with E-state index in [9.17, 15) is 4.39 Å². The van der Waals surface area contributed by atoms with Gasteiger partial charge in [0.2, 0.25) is 5.89 Å². The molecule has 0 N–H and O–H groups in total. The van der Waals surface area contributed by atoms with Crippen LogP contribution in [0.25, 0.3) is 11.1 Å². The van der Waals surface area contributed by atoms with E-state index >= 15 is 0 Å². The quantitative estimate of drug-likeness (QED) is 0.717. The fraction of sp³-hybridized carbons (Fsp3) is 0.176. The summed E-state index contributed by atoms with van der Waals surface area (Å²) in [5, 5.41) is 3.75. The maximum absolute atomic E-state index is 14.4. The lowest BCUT2D eigenvalue weighted by atomic mass is 9.96. The molecule has 2 aromatic carbocycles. The smallest absolute Gasteiger partial charge is 0.234 e. The number of benzene rings is 2. The van der Waals surface area contributed by atoms with E-state index in [1.165, 1.54) is 0 Å². The van der Waals surface area contributed by atoms with Gasteiger partial charge in [0, 0.05) is 5.56 Å². The SMILES string of the molecule is Cc1noc(C(C)c2ccc(-c3ccccc3)cc2F)n1.